The molecule has 0 aromatic heterocycles. The van der Waals surface area contributed by atoms with Gasteiger partial charge < -0.3 is 5.32 Å². The van der Waals surface area contributed by atoms with Crippen molar-refractivity contribution in [2.24, 2.45) is 0 Å². The maximum absolute atomic E-state index is 3.58. The van der Waals surface area contributed by atoms with E-state index in [4.69, 9.17) is 0 Å². The first-order valence-corrected chi connectivity index (χ1v) is 7.60. The van der Waals surface area contributed by atoms with Crippen LogP contribution in [0.3, 0.4) is 0 Å². The van der Waals surface area contributed by atoms with Crippen LogP contribution in [0.4, 0.5) is 0 Å². The summed E-state index contributed by atoms with van der Waals surface area (Å²) >= 11 is 3.58. The van der Waals surface area contributed by atoms with Crippen molar-refractivity contribution < 1.29 is 0 Å². The second-order valence-corrected chi connectivity index (χ2v) is 5.41. The minimum Gasteiger partial charge on any atom is -0.305 e. The first kappa shape index (κ1) is 19.3. The second-order valence-electron chi connectivity index (χ2n) is 4.30. The van der Waals surface area contributed by atoms with Gasteiger partial charge in [0.05, 0.1) is 4.95 Å². The molecular weight excluding hydrogens is 330 g/mol. The van der Waals surface area contributed by atoms with Crippen molar-refractivity contribution in [3.05, 3.63) is 0 Å². The summed E-state index contributed by atoms with van der Waals surface area (Å²) in [4.78, 5) is 0.516. The van der Waals surface area contributed by atoms with Crippen molar-refractivity contribution in [3.63, 3.8) is 0 Å². The van der Waals surface area contributed by atoms with Crippen molar-refractivity contribution in [1.82, 2.24) is 5.32 Å². The Balaban J connectivity index is 0. The smallest absolute Gasteiger partial charge is 0.0628 e. The van der Waals surface area contributed by atoms with Crippen molar-refractivity contribution in [1.29, 1.82) is 0 Å². The van der Waals surface area contributed by atoms with Crippen LogP contribution >= 0.6 is 32.9 Å². The zero-order chi connectivity index (χ0) is 11.4. The van der Waals surface area contributed by atoms with Crippen LogP contribution in [-0.4, -0.2) is 11.5 Å². The van der Waals surface area contributed by atoms with Gasteiger partial charge in [-0.15, -0.1) is 17.0 Å². The maximum atomic E-state index is 3.58. The quantitative estimate of drug-likeness (QED) is 0.295. The Labute approximate surface area is 121 Å². The summed E-state index contributed by atoms with van der Waals surface area (Å²) in [5.41, 5.74) is 0. The molecule has 0 amide bonds. The summed E-state index contributed by atoms with van der Waals surface area (Å²) in [6, 6.07) is 0. The summed E-state index contributed by atoms with van der Waals surface area (Å²) in [6.07, 6.45) is 12.4. The summed E-state index contributed by atoms with van der Waals surface area (Å²) < 4.78 is 0. The molecule has 0 aromatic rings. The van der Waals surface area contributed by atoms with Crippen LogP contribution in [0.15, 0.2) is 0 Å². The van der Waals surface area contributed by atoms with Gasteiger partial charge in [0.2, 0.25) is 0 Å². The van der Waals surface area contributed by atoms with Crippen molar-refractivity contribution in [2.45, 2.75) is 76.6 Å². The molecule has 0 spiro atoms. The molecule has 100 valence electrons. The molecule has 0 saturated heterocycles. The molecule has 16 heavy (non-hydrogen) atoms. The van der Waals surface area contributed by atoms with E-state index in [1.807, 2.05) is 0 Å². The number of hydrogen-bond acceptors (Lipinski definition) is 1. The van der Waals surface area contributed by atoms with Gasteiger partial charge in [-0.05, 0) is 19.4 Å². The van der Waals surface area contributed by atoms with Crippen LogP contribution < -0.4 is 5.32 Å². The highest BCUT2D eigenvalue weighted by atomic mass is 79.9. The number of hydrogen-bond donors (Lipinski definition) is 1. The largest absolute Gasteiger partial charge is 0.305 e. The van der Waals surface area contributed by atoms with Crippen LogP contribution in [0.5, 0.6) is 0 Å². The fourth-order valence-electron chi connectivity index (χ4n) is 1.66. The number of halogens is 2. The van der Waals surface area contributed by atoms with E-state index < -0.39 is 0 Å². The van der Waals surface area contributed by atoms with Crippen LogP contribution in [0, 0.1) is 0 Å². The minimum absolute atomic E-state index is 0. The number of nitrogens with one attached hydrogen (secondary N) is 1. The van der Waals surface area contributed by atoms with E-state index >= 15 is 0 Å². The molecule has 0 rings (SSSR count). The van der Waals surface area contributed by atoms with E-state index in [0.29, 0.717) is 4.95 Å². The lowest BCUT2D eigenvalue weighted by molar-refractivity contribution is 0.547. The minimum atomic E-state index is 0. The standard InChI is InChI=1S/C13H28BrN.BrH/c1-3-5-6-7-8-9-10-11-12-15-13(14)4-2;/h13,15H,3-12H2,1-2H3;1H. The molecule has 1 nitrogen and oxygen atoms in total. The second kappa shape index (κ2) is 15.9. The third kappa shape index (κ3) is 14.9. The Morgan fingerprint density at radius 2 is 1.38 bits per heavy atom. The first-order chi connectivity index (χ1) is 7.31. The monoisotopic (exact) mass is 357 g/mol. The number of unbranched alkanes of at least 4 members (excludes halogenated alkanes) is 7. The van der Waals surface area contributed by atoms with Crippen molar-refractivity contribution in [2.75, 3.05) is 6.54 Å². The SMILES string of the molecule is Br.CCCCCCCCCCNC(Br)CC. The molecule has 0 aromatic carbocycles. The van der Waals surface area contributed by atoms with Gasteiger partial charge in [-0.2, -0.15) is 0 Å². The molecule has 0 saturated carbocycles. The van der Waals surface area contributed by atoms with Gasteiger partial charge in [0.1, 0.15) is 0 Å². The molecule has 0 heterocycles. The van der Waals surface area contributed by atoms with Gasteiger partial charge in [0.25, 0.3) is 0 Å². The van der Waals surface area contributed by atoms with Crippen LogP contribution in [0.2, 0.25) is 0 Å². The fraction of sp³-hybridized carbons (Fsp3) is 1.00. The van der Waals surface area contributed by atoms with Gasteiger partial charge in [-0.25, -0.2) is 0 Å². The van der Waals surface area contributed by atoms with Gasteiger partial charge in [0, 0.05) is 0 Å². The fourth-order valence-corrected chi connectivity index (χ4v) is 1.89. The zero-order valence-corrected chi connectivity index (χ0v) is 14.2. The summed E-state index contributed by atoms with van der Waals surface area (Å²) in [5.74, 6) is 0. The third-order valence-electron chi connectivity index (χ3n) is 2.75. The highest BCUT2D eigenvalue weighted by molar-refractivity contribution is 9.09. The molecule has 0 fully saturated rings. The molecule has 0 aliphatic rings. The molecule has 0 bridgehead atoms. The average Bonchev–Trinajstić information content (AvgIpc) is 2.26. The van der Waals surface area contributed by atoms with Gasteiger partial charge in [-0.1, -0.05) is 74.7 Å². The molecule has 0 aliphatic heterocycles. The lowest BCUT2D eigenvalue weighted by Gasteiger charge is -2.08. The summed E-state index contributed by atoms with van der Waals surface area (Å²) in [7, 11) is 0. The van der Waals surface area contributed by atoms with Gasteiger partial charge >= 0.3 is 0 Å². The van der Waals surface area contributed by atoms with Crippen molar-refractivity contribution >= 4 is 32.9 Å². The molecule has 3 heteroatoms. The Hall–Kier alpha value is 0.920. The van der Waals surface area contributed by atoms with Gasteiger partial charge in [-0.3, -0.25) is 0 Å². The van der Waals surface area contributed by atoms with Crippen LogP contribution in [0.1, 0.15) is 71.6 Å². The topological polar surface area (TPSA) is 12.0 Å². The van der Waals surface area contributed by atoms with E-state index in [1.165, 1.54) is 57.9 Å². The molecule has 0 aliphatic carbocycles. The van der Waals surface area contributed by atoms with E-state index in [9.17, 15) is 0 Å². The van der Waals surface area contributed by atoms with Gasteiger partial charge in [0.15, 0.2) is 0 Å². The normalized spacial score (nSPS) is 12.2. The van der Waals surface area contributed by atoms with E-state index in [2.05, 4.69) is 35.1 Å². The zero-order valence-electron chi connectivity index (χ0n) is 10.9. The predicted octanol–water partition coefficient (Wildman–Crippen LogP) is 5.43. The molecule has 1 unspecified atom stereocenters. The summed E-state index contributed by atoms with van der Waals surface area (Å²) in [5, 5.41) is 3.46. The predicted molar refractivity (Wildman–Crippen MR) is 83.9 cm³/mol. The molecule has 1 atom stereocenters. The number of alkyl halides is 1. The first-order valence-electron chi connectivity index (χ1n) is 6.68. The van der Waals surface area contributed by atoms with E-state index in [0.717, 1.165) is 6.42 Å². The van der Waals surface area contributed by atoms with Crippen LogP contribution in [-0.2, 0) is 0 Å². The van der Waals surface area contributed by atoms with Crippen LogP contribution in [0.25, 0.3) is 0 Å². The Kier molecular flexibility index (Phi) is 19.2. The maximum Gasteiger partial charge on any atom is 0.0628 e. The van der Waals surface area contributed by atoms with E-state index in [1.54, 1.807) is 0 Å². The number of rotatable bonds is 11. The highest BCUT2D eigenvalue weighted by Crippen LogP contribution is 2.08. The summed E-state index contributed by atoms with van der Waals surface area (Å²) in [6.45, 7) is 5.63. The average molecular weight is 359 g/mol. The highest BCUT2D eigenvalue weighted by Gasteiger charge is 1.97. The lowest BCUT2D eigenvalue weighted by atomic mass is 10.1. The molecular formula is C13H29Br2N. The Morgan fingerprint density at radius 1 is 0.875 bits per heavy atom. The molecule has 0 radical (unpaired) electrons. The van der Waals surface area contributed by atoms with Crippen molar-refractivity contribution in [3.8, 4) is 0 Å². The Morgan fingerprint density at radius 3 is 1.88 bits per heavy atom. The lowest BCUT2D eigenvalue weighted by Crippen LogP contribution is -2.23. The Bertz CT molecular complexity index is 121. The van der Waals surface area contributed by atoms with E-state index in [-0.39, 0.29) is 17.0 Å². The molecule has 1 N–H and O–H groups in total. The third-order valence-corrected chi connectivity index (χ3v) is 3.73.